The second kappa shape index (κ2) is 22.3. The van der Waals surface area contributed by atoms with Crippen LogP contribution in [-0.4, -0.2) is 81.5 Å². The number of hydrogen-bond acceptors (Lipinski definition) is 7. The van der Waals surface area contributed by atoms with Gasteiger partial charge in [-0.05, 0) is 55.3 Å². The number of nitrogens with two attached hydrogens (primary N) is 1. The maximum Gasteiger partial charge on any atom is 0.490 e. The van der Waals surface area contributed by atoms with Crippen LogP contribution in [0.1, 0.15) is 55.3 Å². The highest BCUT2D eigenvalue weighted by molar-refractivity contribution is 5.96. The second-order valence-electron chi connectivity index (χ2n) is 11.7. The van der Waals surface area contributed by atoms with E-state index < -0.39 is 12.1 Å². The molecule has 3 aromatic rings. The Bertz CT molecular complexity index is 1470. The number of carboxylic acids is 1. The number of alkyl halides is 3. The van der Waals surface area contributed by atoms with Crippen molar-refractivity contribution in [2.24, 2.45) is 10.7 Å². The Morgan fingerprint density at radius 1 is 0.980 bits per heavy atom. The minimum atomic E-state index is -5.08. The van der Waals surface area contributed by atoms with Crippen molar-refractivity contribution in [3.8, 4) is 16.9 Å². The summed E-state index contributed by atoms with van der Waals surface area (Å²) in [5, 5.41) is 13.4. The molecule has 13 heteroatoms. The van der Waals surface area contributed by atoms with Gasteiger partial charge >= 0.3 is 12.1 Å². The van der Waals surface area contributed by atoms with E-state index in [9.17, 15) is 18.0 Å². The molecule has 50 heavy (non-hydrogen) atoms. The number of amides is 1. The van der Waals surface area contributed by atoms with E-state index in [2.05, 4.69) is 108 Å². The van der Waals surface area contributed by atoms with Gasteiger partial charge in [-0.25, -0.2) is 4.79 Å². The lowest BCUT2D eigenvalue weighted by atomic mass is 9.99. The van der Waals surface area contributed by atoms with Gasteiger partial charge in [0.1, 0.15) is 5.75 Å². The monoisotopic (exact) mass is 701 g/mol. The van der Waals surface area contributed by atoms with Crippen LogP contribution < -0.4 is 21.1 Å². The lowest BCUT2D eigenvalue weighted by molar-refractivity contribution is -0.192. The first kappa shape index (κ1) is 41.7. The van der Waals surface area contributed by atoms with Gasteiger partial charge in [0.2, 0.25) is 5.91 Å². The van der Waals surface area contributed by atoms with E-state index in [1.54, 1.807) is 7.11 Å². The third-order valence-corrected chi connectivity index (χ3v) is 7.48. The second-order valence-corrected chi connectivity index (χ2v) is 11.7. The summed E-state index contributed by atoms with van der Waals surface area (Å²) >= 11 is 0. The van der Waals surface area contributed by atoms with Crippen LogP contribution in [0.2, 0.25) is 0 Å². The largest absolute Gasteiger partial charge is 0.493 e. The molecule has 0 aromatic heterocycles. The number of guanidine groups is 1. The minimum absolute atomic E-state index is 0.144. The SMILES string of the molecule is CCCCN=C(N)NC(=O)CCc1ccc(-c2ccc(CNCC(c3ccccc3)N(C)C)cc2)c(OCCCOC)c1.O=C(O)C(F)(F)F. The van der Waals surface area contributed by atoms with E-state index in [4.69, 9.17) is 25.1 Å². The number of ether oxygens (including phenoxy) is 2. The van der Waals surface area contributed by atoms with E-state index in [-0.39, 0.29) is 11.9 Å². The van der Waals surface area contributed by atoms with Crippen molar-refractivity contribution in [2.75, 3.05) is 47.5 Å². The first-order valence-electron chi connectivity index (χ1n) is 16.5. The van der Waals surface area contributed by atoms with Crippen molar-refractivity contribution in [1.82, 2.24) is 15.5 Å². The number of carboxylic acid groups (broad SMARTS) is 1. The first-order chi connectivity index (χ1) is 23.8. The molecule has 0 radical (unpaired) electrons. The number of aliphatic carboxylic acids is 1. The Hall–Kier alpha value is -4.46. The minimum Gasteiger partial charge on any atom is -0.493 e. The number of hydrogen-bond donors (Lipinski definition) is 4. The summed E-state index contributed by atoms with van der Waals surface area (Å²) in [6.07, 6.45) is -1.43. The highest BCUT2D eigenvalue weighted by Crippen LogP contribution is 2.32. The molecule has 0 fully saturated rings. The fourth-order valence-corrected chi connectivity index (χ4v) is 4.76. The number of likely N-dealkylation sites (N-methyl/N-ethyl adjacent to an activating group) is 1. The molecule has 10 nitrogen and oxygen atoms in total. The molecule has 0 aliphatic carbocycles. The molecule has 0 saturated heterocycles. The van der Waals surface area contributed by atoms with Crippen molar-refractivity contribution in [2.45, 2.75) is 57.8 Å². The predicted octanol–water partition coefficient (Wildman–Crippen LogP) is 5.96. The molecule has 1 atom stereocenters. The van der Waals surface area contributed by atoms with Crippen LogP contribution >= 0.6 is 0 Å². The Morgan fingerprint density at radius 3 is 2.24 bits per heavy atom. The number of aryl methyl sites for hydroxylation is 1. The fourth-order valence-electron chi connectivity index (χ4n) is 4.76. The van der Waals surface area contributed by atoms with Crippen LogP contribution in [0, 0.1) is 0 Å². The highest BCUT2D eigenvalue weighted by Gasteiger charge is 2.38. The zero-order chi connectivity index (χ0) is 36.9. The van der Waals surface area contributed by atoms with Gasteiger partial charge in [0.15, 0.2) is 5.96 Å². The van der Waals surface area contributed by atoms with Crippen LogP contribution in [-0.2, 0) is 27.3 Å². The lowest BCUT2D eigenvalue weighted by Gasteiger charge is -2.25. The number of rotatable bonds is 18. The van der Waals surface area contributed by atoms with Gasteiger partial charge in [-0.15, -0.1) is 0 Å². The topological polar surface area (TPSA) is 139 Å². The molecule has 0 aliphatic rings. The molecule has 5 N–H and O–H groups in total. The van der Waals surface area contributed by atoms with Crippen LogP contribution in [0.5, 0.6) is 5.75 Å². The molecule has 0 spiro atoms. The highest BCUT2D eigenvalue weighted by atomic mass is 19.4. The molecule has 3 aromatic carbocycles. The molecule has 0 bridgehead atoms. The molecule has 1 amide bonds. The van der Waals surface area contributed by atoms with Crippen molar-refractivity contribution < 1.29 is 37.3 Å². The van der Waals surface area contributed by atoms with E-state index in [0.717, 1.165) is 54.8 Å². The normalized spacial score (nSPS) is 12.2. The van der Waals surface area contributed by atoms with Crippen molar-refractivity contribution in [3.05, 3.63) is 89.5 Å². The fraction of sp³-hybridized carbons (Fsp3) is 0.432. The van der Waals surface area contributed by atoms with Gasteiger partial charge in [-0.2, -0.15) is 13.2 Å². The van der Waals surface area contributed by atoms with Crippen LogP contribution in [0.3, 0.4) is 0 Å². The van der Waals surface area contributed by atoms with Crippen molar-refractivity contribution in [1.29, 1.82) is 0 Å². The summed E-state index contributed by atoms with van der Waals surface area (Å²) in [6.45, 7) is 5.54. The maximum atomic E-state index is 12.4. The number of halogens is 3. The summed E-state index contributed by atoms with van der Waals surface area (Å²) in [6, 6.07) is 25.7. The van der Waals surface area contributed by atoms with E-state index in [1.165, 1.54) is 11.1 Å². The molecular weight excluding hydrogens is 651 g/mol. The smallest absolute Gasteiger partial charge is 0.490 e. The average Bonchev–Trinajstić information content (AvgIpc) is 3.08. The molecule has 0 aliphatic heterocycles. The zero-order valence-electron chi connectivity index (χ0n) is 29.3. The summed E-state index contributed by atoms with van der Waals surface area (Å²) < 4.78 is 43.1. The molecule has 3 rings (SSSR count). The number of unbranched alkanes of at least 4 members (excludes halogenated alkanes) is 1. The van der Waals surface area contributed by atoms with Gasteiger partial charge in [-0.1, -0.05) is 80.1 Å². The Labute approximate surface area is 292 Å². The molecule has 0 saturated carbocycles. The number of methoxy groups -OCH3 is 1. The van der Waals surface area contributed by atoms with Crippen LogP contribution in [0.4, 0.5) is 13.2 Å². The number of nitrogens with zero attached hydrogens (tertiary/aromatic N) is 2. The first-order valence-corrected chi connectivity index (χ1v) is 16.5. The number of aliphatic imine (C=N–C) groups is 1. The zero-order valence-corrected chi connectivity index (χ0v) is 29.3. The molecule has 1 unspecified atom stereocenters. The van der Waals surface area contributed by atoms with E-state index in [1.807, 2.05) is 6.07 Å². The van der Waals surface area contributed by atoms with Gasteiger partial charge < -0.3 is 30.5 Å². The van der Waals surface area contributed by atoms with Crippen molar-refractivity contribution >= 4 is 17.8 Å². The number of carbonyl (C=O) groups excluding carboxylic acids is 1. The van der Waals surface area contributed by atoms with Gasteiger partial charge in [0, 0.05) is 57.8 Å². The molecule has 274 valence electrons. The van der Waals surface area contributed by atoms with Crippen LogP contribution in [0.25, 0.3) is 11.1 Å². The molecule has 0 heterocycles. The quantitative estimate of drug-likeness (QED) is 0.0725. The van der Waals surface area contributed by atoms with E-state index in [0.29, 0.717) is 38.6 Å². The summed E-state index contributed by atoms with van der Waals surface area (Å²) in [5.41, 5.74) is 11.5. The van der Waals surface area contributed by atoms with Gasteiger partial charge in [0.25, 0.3) is 0 Å². The Morgan fingerprint density at radius 2 is 1.64 bits per heavy atom. The predicted molar refractivity (Wildman–Crippen MR) is 190 cm³/mol. The maximum absolute atomic E-state index is 12.4. The third-order valence-electron chi connectivity index (χ3n) is 7.48. The van der Waals surface area contributed by atoms with Crippen molar-refractivity contribution in [3.63, 3.8) is 0 Å². The summed E-state index contributed by atoms with van der Waals surface area (Å²) in [4.78, 5) is 27.7. The standard InChI is InChI=1S/C35H49N5O3.C2HF3O2/c1-5-6-21-38-35(36)39-34(41)20-16-27-15-19-31(33(24-27)43-23-10-22-42-4)29-17-13-28(14-18-29)25-37-26-32(40(2)3)30-11-8-7-9-12-30;3-2(4,5)1(6)7/h7-9,11-15,17-19,24,32,37H,5-6,10,16,20-23,25-26H2,1-4H3,(H3,36,38,39,41);(H,6,7). The van der Waals surface area contributed by atoms with Gasteiger partial charge in [-0.3, -0.25) is 15.1 Å². The molecular formula is C37H50F3N5O5. The summed E-state index contributed by atoms with van der Waals surface area (Å²) in [5.74, 6) is -1.91. The lowest BCUT2D eigenvalue weighted by Crippen LogP contribution is -2.37. The number of carbonyl (C=O) groups is 2. The van der Waals surface area contributed by atoms with E-state index >= 15 is 0 Å². The average molecular weight is 702 g/mol. The van der Waals surface area contributed by atoms with Gasteiger partial charge in [0.05, 0.1) is 6.61 Å². The number of benzene rings is 3. The summed E-state index contributed by atoms with van der Waals surface area (Å²) in [7, 11) is 5.92. The number of nitrogens with one attached hydrogen (secondary N) is 2. The Balaban J connectivity index is 0.00000112. The third kappa shape index (κ3) is 15.8. The Kier molecular flexibility index (Phi) is 18.6. The van der Waals surface area contributed by atoms with Crippen LogP contribution in [0.15, 0.2) is 77.8 Å².